The summed E-state index contributed by atoms with van der Waals surface area (Å²) < 4.78 is 0. The van der Waals surface area contributed by atoms with Gasteiger partial charge in [-0.3, -0.25) is 5.32 Å². The van der Waals surface area contributed by atoms with Gasteiger partial charge >= 0.3 is 0 Å². The SMILES string of the molecule is C#CC(C)NC(C)c1cc(O)cc(O)c1. The van der Waals surface area contributed by atoms with Crippen molar-refractivity contribution in [3.63, 3.8) is 0 Å². The molecule has 0 heterocycles. The fourth-order valence-electron chi connectivity index (χ4n) is 1.39. The molecule has 0 saturated carbocycles. The molecule has 0 aromatic heterocycles. The zero-order chi connectivity index (χ0) is 11.4. The molecule has 1 aromatic rings. The van der Waals surface area contributed by atoms with E-state index in [0.717, 1.165) is 5.56 Å². The van der Waals surface area contributed by atoms with E-state index < -0.39 is 0 Å². The molecule has 0 amide bonds. The zero-order valence-electron chi connectivity index (χ0n) is 8.86. The Labute approximate surface area is 89.8 Å². The lowest BCUT2D eigenvalue weighted by molar-refractivity contribution is 0.445. The summed E-state index contributed by atoms with van der Waals surface area (Å²) in [5.41, 5.74) is 0.801. The molecule has 0 radical (unpaired) electrons. The molecule has 0 spiro atoms. The molecule has 2 atom stereocenters. The monoisotopic (exact) mass is 205 g/mol. The summed E-state index contributed by atoms with van der Waals surface area (Å²) in [6, 6.07) is 4.42. The Morgan fingerprint density at radius 1 is 1.20 bits per heavy atom. The Morgan fingerprint density at radius 2 is 1.73 bits per heavy atom. The van der Waals surface area contributed by atoms with E-state index in [1.54, 1.807) is 12.1 Å². The van der Waals surface area contributed by atoms with E-state index in [1.807, 2.05) is 13.8 Å². The van der Waals surface area contributed by atoms with Crippen molar-refractivity contribution in [3.8, 4) is 23.8 Å². The van der Waals surface area contributed by atoms with Gasteiger partial charge in [-0.15, -0.1) is 6.42 Å². The summed E-state index contributed by atoms with van der Waals surface area (Å²) >= 11 is 0. The van der Waals surface area contributed by atoms with E-state index in [2.05, 4.69) is 11.2 Å². The van der Waals surface area contributed by atoms with Gasteiger partial charge in [-0.25, -0.2) is 0 Å². The molecule has 0 aliphatic carbocycles. The molecule has 80 valence electrons. The average Bonchev–Trinajstić information content (AvgIpc) is 2.16. The zero-order valence-corrected chi connectivity index (χ0v) is 8.86. The van der Waals surface area contributed by atoms with Crippen LogP contribution >= 0.6 is 0 Å². The molecule has 3 heteroatoms. The number of rotatable bonds is 3. The van der Waals surface area contributed by atoms with Crippen LogP contribution in [-0.2, 0) is 0 Å². The van der Waals surface area contributed by atoms with Gasteiger partial charge in [-0.05, 0) is 31.5 Å². The highest BCUT2D eigenvalue weighted by Crippen LogP contribution is 2.24. The Bertz CT molecular complexity index is 361. The second-order valence-electron chi connectivity index (χ2n) is 3.56. The van der Waals surface area contributed by atoms with Crippen molar-refractivity contribution < 1.29 is 10.2 Å². The standard InChI is InChI=1S/C12H15NO2/c1-4-8(2)13-9(3)10-5-11(14)7-12(15)6-10/h1,5-9,13-15H,2-3H3. The van der Waals surface area contributed by atoms with E-state index in [0.29, 0.717) is 0 Å². The van der Waals surface area contributed by atoms with Crippen LogP contribution in [0.3, 0.4) is 0 Å². The first-order valence-corrected chi connectivity index (χ1v) is 4.78. The topological polar surface area (TPSA) is 52.5 Å². The van der Waals surface area contributed by atoms with Crippen LogP contribution in [0.2, 0.25) is 0 Å². The van der Waals surface area contributed by atoms with Crippen molar-refractivity contribution in [1.29, 1.82) is 0 Å². The van der Waals surface area contributed by atoms with Gasteiger partial charge in [0.05, 0.1) is 6.04 Å². The third-order valence-corrected chi connectivity index (χ3v) is 2.17. The normalized spacial score (nSPS) is 14.2. The molecule has 0 fully saturated rings. The second kappa shape index (κ2) is 4.72. The highest BCUT2D eigenvalue weighted by molar-refractivity contribution is 5.38. The van der Waals surface area contributed by atoms with Gasteiger partial charge < -0.3 is 10.2 Å². The van der Waals surface area contributed by atoms with Crippen LogP contribution in [0.1, 0.15) is 25.5 Å². The maximum atomic E-state index is 9.31. The smallest absolute Gasteiger partial charge is 0.119 e. The molecule has 2 unspecified atom stereocenters. The minimum Gasteiger partial charge on any atom is -0.508 e. The lowest BCUT2D eigenvalue weighted by Gasteiger charge is -2.17. The second-order valence-corrected chi connectivity index (χ2v) is 3.56. The fraction of sp³-hybridized carbons (Fsp3) is 0.333. The minimum atomic E-state index is -0.0514. The number of hydrogen-bond donors (Lipinski definition) is 3. The van der Waals surface area contributed by atoms with Crippen molar-refractivity contribution in [3.05, 3.63) is 23.8 Å². The van der Waals surface area contributed by atoms with E-state index in [-0.39, 0.29) is 23.6 Å². The van der Waals surface area contributed by atoms with Gasteiger partial charge in [0.1, 0.15) is 11.5 Å². The maximum Gasteiger partial charge on any atom is 0.119 e. The number of benzene rings is 1. The third kappa shape index (κ3) is 3.19. The van der Waals surface area contributed by atoms with Crippen molar-refractivity contribution >= 4 is 0 Å². The summed E-state index contributed by atoms with van der Waals surface area (Å²) in [5.74, 6) is 2.66. The Hall–Kier alpha value is -1.66. The molecular weight excluding hydrogens is 190 g/mol. The molecule has 3 nitrogen and oxygen atoms in total. The molecule has 0 aliphatic rings. The third-order valence-electron chi connectivity index (χ3n) is 2.17. The van der Waals surface area contributed by atoms with E-state index >= 15 is 0 Å². The quantitative estimate of drug-likeness (QED) is 0.659. The number of phenolic OH excluding ortho intramolecular Hbond substituents is 2. The van der Waals surface area contributed by atoms with Gasteiger partial charge in [0.2, 0.25) is 0 Å². The first-order valence-electron chi connectivity index (χ1n) is 4.78. The number of phenols is 2. The highest BCUT2D eigenvalue weighted by atomic mass is 16.3. The molecule has 15 heavy (non-hydrogen) atoms. The summed E-state index contributed by atoms with van der Waals surface area (Å²) in [7, 11) is 0. The lowest BCUT2D eigenvalue weighted by atomic mass is 10.1. The largest absolute Gasteiger partial charge is 0.508 e. The van der Waals surface area contributed by atoms with E-state index in [9.17, 15) is 10.2 Å². The molecule has 1 rings (SSSR count). The van der Waals surface area contributed by atoms with Crippen LogP contribution in [0.5, 0.6) is 11.5 Å². The lowest BCUT2D eigenvalue weighted by Crippen LogP contribution is -2.27. The molecule has 1 aromatic carbocycles. The summed E-state index contributed by atoms with van der Waals surface area (Å²) in [6.07, 6.45) is 5.25. The van der Waals surface area contributed by atoms with Crippen molar-refractivity contribution in [1.82, 2.24) is 5.32 Å². The first-order chi connectivity index (χ1) is 7.02. The molecule has 0 aliphatic heterocycles. The predicted octanol–water partition coefficient (Wildman–Crippen LogP) is 1.77. The van der Waals surface area contributed by atoms with Crippen molar-refractivity contribution in [2.75, 3.05) is 0 Å². The van der Waals surface area contributed by atoms with Crippen LogP contribution < -0.4 is 5.32 Å². The molecule has 0 saturated heterocycles. The van der Waals surface area contributed by atoms with Gasteiger partial charge in [-0.2, -0.15) is 0 Å². The Balaban J connectivity index is 2.82. The maximum absolute atomic E-state index is 9.31. The molecular formula is C12H15NO2. The summed E-state index contributed by atoms with van der Waals surface area (Å²) in [6.45, 7) is 3.79. The van der Waals surface area contributed by atoms with Crippen LogP contribution in [0.4, 0.5) is 0 Å². The fourth-order valence-corrected chi connectivity index (χ4v) is 1.39. The van der Waals surface area contributed by atoms with Crippen LogP contribution in [0, 0.1) is 12.3 Å². The van der Waals surface area contributed by atoms with Crippen LogP contribution in [-0.4, -0.2) is 16.3 Å². The van der Waals surface area contributed by atoms with Crippen molar-refractivity contribution in [2.24, 2.45) is 0 Å². The first kappa shape index (κ1) is 11.4. The summed E-state index contributed by atoms with van der Waals surface area (Å²) in [4.78, 5) is 0. The molecule has 3 N–H and O–H groups in total. The van der Waals surface area contributed by atoms with Gasteiger partial charge in [0.25, 0.3) is 0 Å². The minimum absolute atomic E-state index is 0.0194. The molecule has 0 bridgehead atoms. The van der Waals surface area contributed by atoms with Gasteiger partial charge in [0.15, 0.2) is 0 Å². The average molecular weight is 205 g/mol. The Morgan fingerprint density at radius 3 is 2.20 bits per heavy atom. The number of nitrogens with one attached hydrogen (secondary N) is 1. The van der Waals surface area contributed by atoms with Crippen molar-refractivity contribution in [2.45, 2.75) is 25.9 Å². The van der Waals surface area contributed by atoms with E-state index in [4.69, 9.17) is 6.42 Å². The number of hydrogen-bond acceptors (Lipinski definition) is 3. The summed E-state index contributed by atoms with van der Waals surface area (Å²) in [5, 5.41) is 21.8. The predicted molar refractivity (Wildman–Crippen MR) is 59.6 cm³/mol. The Kier molecular flexibility index (Phi) is 3.59. The highest BCUT2D eigenvalue weighted by Gasteiger charge is 2.09. The van der Waals surface area contributed by atoms with Crippen LogP contribution in [0.15, 0.2) is 18.2 Å². The van der Waals surface area contributed by atoms with Crippen LogP contribution in [0.25, 0.3) is 0 Å². The number of aromatic hydroxyl groups is 2. The number of terminal acetylenes is 1. The van der Waals surface area contributed by atoms with Gasteiger partial charge in [0, 0.05) is 12.1 Å². The van der Waals surface area contributed by atoms with E-state index in [1.165, 1.54) is 6.07 Å². The van der Waals surface area contributed by atoms with Gasteiger partial charge in [-0.1, -0.05) is 5.92 Å².